The smallest absolute Gasteiger partial charge is 0.234 e. The third kappa shape index (κ3) is 6.11. The summed E-state index contributed by atoms with van der Waals surface area (Å²) in [5.41, 5.74) is 1.83. The van der Waals surface area contributed by atoms with Gasteiger partial charge in [0, 0.05) is 36.9 Å². The topological polar surface area (TPSA) is 111 Å². The van der Waals surface area contributed by atoms with Gasteiger partial charge in [-0.05, 0) is 37.5 Å². The standard InChI is InChI=1S/C22H23ClN8OS/c1-14-5-3-6-17(23)16(14)11-18(32)19-12-26-22(33-19)30-21-28-15(2)27-20(29-21)25-7-4-9-31-10-8-24-13-31/h3,5-6,8,10,12-13H,4,7,9,11H2,1-2H3,(H2,25,26,27,28,29,30). The zero-order valence-corrected chi connectivity index (χ0v) is 19.8. The second-order valence-electron chi connectivity index (χ2n) is 7.40. The SMILES string of the molecule is Cc1nc(NCCCn2ccnc2)nc(Nc2ncc(C(=O)Cc3c(C)cccc3Cl)s2)n1. The third-order valence-electron chi connectivity index (χ3n) is 4.87. The number of hydrogen-bond donors (Lipinski definition) is 2. The van der Waals surface area contributed by atoms with Crippen LogP contribution in [0.1, 0.15) is 33.0 Å². The number of ketones is 1. The lowest BCUT2D eigenvalue weighted by Crippen LogP contribution is -2.11. The van der Waals surface area contributed by atoms with Crippen LogP contribution in [-0.4, -0.2) is 41.8 Å². The average molecular weight is 483 g/mol. The number of carbonyl (C=O) groups excluding carboxylic acids is 1. The highest BCUT2D eigenvalue weighted by atomic mass is 35.5. The third-order valence-corrected chi connectivity index (χ3v) is 6.18. The van der Waals surface area contributed by atoms with Crippen LogP contribution in [0.3, 0.4) is 0 Å². The molecule has 0 radical (unpaired) electrons. The van der Waals surface area contributed by atoms with Crippen LogP contribution < -0.4 is 10.6 Å². The van der Waals surface area contributed by atoms with Crippen molar-refractivity contribution in [2.75, 3.05) is 17.2 Å². The predicted molar refractivity (Wildman–Crippen MR) is 130 cm³/mol. The van der Waals surface area contributed by atoms with E-state index in [1.165, 1.54) is 11.3 Å². The highest BCUT2D eigenvalue weighted by Gasteiger charge is 2.15. The van der Waals surface area contributed by atoms with Crippen LogP contribution in [0.25, 0.3) is 0 Å². The Hall–Kier alpha value is -3.37. The van der Waals surface area contributed by atoms with Crippen LogP contribution in [0, 0.1) is 13.8 Å². The summed E-state index contributed by atoms with van der Waals surface area (Å²) in [4.78, 5) is 34.7. The van der Waals surface area contributed by atoms with Crippen molar-refractivity contribution in [3.05, 3.63) is 70.0 Å². The molecule has 3 aromatic heterocycles. The predicted octanol–water partition coefficient (Wildman–Crippen LogP) is 4.47. The molecule has 0 spiro atoms. The molecule has 170 valence electrons. The van der Waals surface area contributed by atoms with E-state index in [4.69, 9.17) is 11.6 Å². The van der Waals surface area contributed by atoms with Gasteiger partial charge >= 0.3 is 0 Å². The second-order valence-corrected chi connectivity index (χ2v) is 8.84. The van der Waals surface area contributed by atoms with E-state index in [1.807, 2.05) is 29.8 Å². The number of nitrogens with one attached hydrogen (secondary N) is 2. The zero-order chi connectivity index (χ0) is 23.2. The van der Waals surface area contributed by atoms with E-state index in [1.54, 1.807) is 31.7 Å². The van der Waals surface area contributed by atoms with E-state index in [9.17, 15) is 4.79 Å². The van der Waals surface area contributed by atoms with Gasteiger partial charge in [-0.2, -0.15) is 15.0 Å². The van der Waals surface area contributed by atoms with E-state index in [0.717, 1.165) is 24.1 Å². The van der Waals surface area contributed by atoms with E-state index >= 15 is 0 Å². The maximum Gasteiger partial charge on any atom is 0.234 e. The molecular weight excluding hydrogens is 460 g/mol. The van der Waals surface area contributed by atoms with Gasteiger partial charge in [-0.25, -0.2) is 9.97 Å². The summed E-state index contributed by atoms with van der Waals surface area (Å²) in [6.45, 7) is 5.30. The number of imidazole rings is 1. The van der Waals surface area contributed by atoms with Gasteiger partial charge in [0.05, 0.1) is 17.4 Å². The average Bonchev–Trinajstić information content (AvgIpc) is 3.46. The Morgan fingerprint density at radius 3 is 2.82 bits per heavy atom. The summed E-state index contributed by atoms with van der Waals surface area (Å²) in [5.74, 6) is 1.39. The Morgan fingerprint density at radius 1 is 1.18 bits per heavy atom. The van der Waals surface area contributed by atoms with Gasteiger partial charge < -0.3 is 9.88 Å². The lowest BCUT2D eigenvalue weighted by molar-refractivity contribution is 0.0996. The molecule has 11 heteroatoms. The highest BCUT2D eigenvalue weighted by Crippen LogP contribution is 2.25. The molecule has 0 saturated carbocycles. The first kappa shape index (κ1) is 22.8. The number of halogens is 1. The molecule has 0 aliphatic carbocycles. The van der Waals surface area contributed by atoms with Crippen LogP contribution in [0.2, 0.25) is 5.02 Å². The number of anilines is 3. The fourth-order valence-corrected chi connectivity index (χ4v) is 4.23. The number of thiazole rings is 1. The first-order valence-corrected chi connectivity index (χ1v) is 11.6. The van der Waals surface area contributed by atoms with Crippen LogP contribution in [0.5, 0.6) is 0 Å². The van der Waals surface area contributed by atoms with Crippen molar-refractivity contribution in [3.8, 4) is 0 Å². The molecule has 0 atom stereocenters. The lowest BCUT2D eigenvalue weighted by Gasteiger charge is -2.08. The highest BCUT2D eigenvalue weighted by molar-refractivity contribution is 7.17. The molecule has 4 rings (SSSR count). The maximum absolute atomic E-state index is 12.8. The normalized spacial score (nSPS) is 10.9. The Balaban J connectivity index is 1.36. The molecule has 1 aromatic carbocycles. The Morgan fingerprint density at radius 2 is 2.03 bits per heavy atom. The quantitative estimate of drug-likeness (QED) is 0.251. The number of aryl methyl sites for hydroxylation is 3. The van der Waals surface area contributed by atoms with Crippen molar-refractivity contribution in [2.24, 2.45) is 0 Å². The molecule has 33 heavy (non-hydrogen) atoms. The van der Waals surface area contributed by atoms with Crippen molar-refractivity contribution in [3.63, 3.8) is 0 Å². The number of hydrogen-bond acceptors (Lipinski definition) is 9. The van der Waals surface area contributed by atoms with Gasteiger partial charge in [0.25, 0.3) is 0 Å². The summed E-state index contributed by atoms with van der Waals surface area (Å²) >= 11 is 7.52. The minimum absolute atomic E-state index is 0.0381. The molecular formula is C22H23ClN8OS. The van der Waals surface area contributed by atoms with Crippen LogP contribution >= 0.6 is 22.9 Å². The zero-order valence-electron chi connectivity index (χ0n) is 18.2. The monoisotopic (exact) mass is 482 g/mol. The lowest BCUT2D eigenvalue weighted by atomic mass is 10.0. The van der Waals surface area contributed by atoms with E-state index in [0.29, 0.717) is 39.3 Å². The molecule has 0 fully saturated rings. The number of nitrogens with zero attached hydrogens (tertiary/aromatic N) is 6. The number of benzene rings is 1. The van der Waals surface area contributed by atoms with Gasteiger partial charge in [0.1, 0.15) is 5.82 Å². The number of carbonyl (C=O) groups is 1. The van der Waals surface area contributed by atoms with Gasteiger partial charge in [-0.3, -0.25) is 10.1 Å². The Bertz CT molecular complexity index is 1220. The minimum atomic E-state index is -0.0381. The Labute approximate surface area is 200 Å². The molecule has 3 heterocycles. The number of rotatable bonds is 10. The molecule has 0 aliphatic heterocycles. The van der Waals surface area contributed by atoms with Gasteiger partial charge in [0.2, 0.25) is 11.9 Å². The summed E-state index contributed by atoms with van der Waals surface area (Å²) in [6, 6.07) is 5.61. The van der Waals surface area contributed by atoms with Crippen molar-refractivity contribution < 1.29 is 4.79 Å². The van der Waals surface area contributed by atoms with Crippen molar-refractivity contribution in [1.82, 2.24) is 29.5 Å². The first-order valence-electron chi connectivity index (χ1n) is 10.4. The maximum atomic E-state index is 12.8. The van der Waals surface area contributed by atoms with Gasteiger partial charge in [-0.1, -0.05) is 35.1 Å². The molecule has 0 aliphatic rings. The molecule has 0 amide bonds. The van der Waals surface area contributed by atoms with E-state index in [2.05, 4.69) is 35.6 Å². The van der Waals surface area contributed by atoms with Gasteiger partial charge in [0.15, 0.2) is 10.9 Å². The molecule has 2 N–H and O–H groups in total. The van der Waals surface area contributed by atoms with Crippen LogP contribution in [0.4, 0.5) is 17.0 Å². The fourth-order valence-electron chi connectivity index (χ4n) is 3.19. The minimum Gasteiger partial charge on any atom is -0.354 e. The van der Waals surface area contributed by atoms with Crippen molar-refractivity contribution in [1.29, 1.82) is 0 Å². The molecule has 4 aromatic rings. The largest absolute Gasteiger partial charge is 0.354 e. The van der Waals surface area contributed by atoms with Crippen molar-refractivity contribution >= 4 is 45.7 Å². The molecule has 0 bridgehead atoms. The number of aromatic nitrogens is 6. The molecule has 0 unspecified atom stereocenters. The molecule has 9 nitrogen and oxygen atoms in total. The summed E-state index contributed by atoms with van der Waals surface area (Å²) in [7, 11) is 0. The Kier molecular flexibility index (Phi) is 7.26. The van der Waals surface area contributed by atoms with Gasteiger partial charge in [-0.15, -0.1) is 0 Å². The molecule has 0 saturated heterocycles. The summed E-state index contributed by atoms with van der Waals surface area (Å²) < 4.78 is 2.02. The number of Topliss-reactive ketones (excluding diaryl/α,β-unsaturated/α-hetero) is 1. The summed E-state index contributed by atoms with van der Waals surface area (Å²) in [5, 5.41) is 7.42. The van der Waals surface area contributed by atoms with Crippen molar-refractivity contribution in [2.45, 2.75) is 33.2 Å². The van der Waals surface area contributed by atoms with Crippen LogP contribution in [-0.2, 0) is 13.0 Å². The van der Waals surface area contributed by atoms with E-state index < -0.39 is 0 Å². The summed E-state index contributed by atoms with van der Waals surface area (Å²) in [6.07, 6.45) is 8.16. The fraction of sp³-hybridized carbons (Fsp3) is 0.273. The first-order chi connectivity index (χ1) is 16.0. The second kappa shape index (κ2) is 10.5. The van der Waals surface area contributed by atoms with Crippen LogP contribution in [0.15, 0.2) is 43.1 Å². The van der Waals surface area contributed by atoms with E-state index in [-0.39, 0.29) is 12.2 Å².